The molecule has 8 nitrogen and oxygen atoms in total. The molecule has 4 aromatic carbocycles. The quantitative estimate of drug-likeness (QED) is 0.138. The Morgan fingerprint density at radius 3 is 2.12 bits per heavy atom. The number of ether oxygens (including phenoxy) is 1. The third-order valence-electron chi connectivity index (χ3n) is 7.93. The van der Waals surface area contributed by atoms with Crippen LogP contribution in [0.2, 0.25) is 10.0 Å². The lowest BCUT2D eigenvalue weighted by Crippen LogP contribution is -2.54. The molecule has 0 aliphatic carbocycles. The first kappa shape index (κ1) is 36.8. The average Bonchev–Trinajstić information content (AvgIpc) is 3.08. The SMILES string of the molecule is CCOc1ccc(S(=O)(=O)N(CC(=O)N(Cc2ccc(Cl)c(Cl)c2)[C@@H](Cc2ccccc2)C(=O)N[C@H](C)CC)c2ccc(C)cc2)cc1. The Morgan fingerprint density at radius 2 is 1.52 bits per heavy atom. The first-order valence-electron chi connectivity index (χ1n) is 15.8. The number of halogens is 2. The number of amides is 2. The largest absolute Gasteiger partial charge is 0.494 e. The number of anilines is 1. The van der Waals surface area contributed by atoms with Gasteiger partial charge in [-0.25, -0.2) is 8.42 Å². The normalized spacial score (nSPS) is 12.5. The molecule has 0 aliphatic heterocycles. The molecule has 4 rings (SSSR count). The van der Waals surface area contributed by atoms with Gasteiger partial charge >= 0.3 is 0 Å². The van der Waals surface area contributed by atoms with Gasteiger partial charge in [-0.2, -0.15) is 0 Å². The number of sulfonamides is 1. The number of aryl methyl sites for hydroxylation is 1. The Hall–Kier alpha value is -4.05. The summed E-state index contributed by atoms with van der Waals surface area (Å²) in [6, 6.07) is 26.2. The lowest BCUT2D eigenvalue weighted by atomic mass is 10.0. The van der Waals surface area contributed by atoms with Crippen molar-refractivity contribution in [1.29, 1.82) is 0 Å². The molecule has 0 bridgehead atoms. The van der Waals surface area contributed by atoms with E-state index < -0.39 is 28.5 Å². The monoisotopic (exact) mass is 709 g/mol. The van der Waals surface area contributed by atoms with Crippen LogP contribution in [0.25, 0.3) is 0 Å². The number of hydrogen-bond acceptors (Lipinski definition) is 5. The minimum atomic E-state index is -4.25. The zero-order valence-electron chi connectivity index (χ0n) is 27.5. The summed E-state index contributed by atoms with van der Waals surface area (Å²) in [6.45, 7) is 7.43. The van der Waals surface area contributed by atoms with Crippen molar-refractivity contribution in [3.63, 3.8) is 0 Å². The summed E-state index contributed by atoms with van der Waals surface area (Å²) in [6.07, 6.45) is 0.887. The summed E-state index contributed by atoms with van der Waals surface area (Å²) in [5.41, 5.74) is 2.70. The zero-order valence-corrected chi connectivity index (χ0v) is 29.9. The summed E-state index contributed by atoms with van der Waals surface area (Å²) < 4.78 is 35.1. The fourth-order valence-corrected chi connectivity index (χ4v) is 6.81. The predicted molar refractivity (Wildman–Crippen MR) is 192 cm³/mol. The van der Waals surface area contributed by atoms with Crippen molar-refractivity contribution in [2.75, 3.05) is 17.5 Å². The van der Waals surface area contributed by atoms with Crippen LogP contribution in [0.15, 0.2) is 102 Å². The molecule has 1 N–H and O–H groups in total. The molecule has 48 heavy (non-hydrogen) atoms. The lowest BCUT2D eigenvalue weighted by Gasteiger charge is -2.34. The fraction of sp³-hybridized carbons (Fsp3) is 0.297. The van der Waals surface area contributed by atoms with Gasteiger partial charge in [0.2, 0.25) is 11.8 Å². The second kappa shape index (κ2) is 16.9. The molecule has 11 heteroatoms. The van der Waals surface area contributed by atoms with E-state index in [-0.39, 0.29) is 29.8 Å². The van der Waals surface area contributed by atoms with Crippen LogP contribution in [0.3, 0.4) is 0 Å². The lowest BCUT2D eigenvalue weighted by molar-refractivity contribution is -0.140. The highest BCUT2D eigenvalue weighted by Crippen LogP contribution is 2.28. The first-order valence-corrected chi connectivity index (χ1v) is 18.0. The molecule has 0 aliphatic rings. The van der Waals surface area contributed by atoms with Gasteiger partial charge in [-0.15, -0.1) is 0 Å². The Labute approximate surface area is 293 Å². The first-order chi connectivity index (χ1) is 22.9. The molecular formula is C37H41Cl2N3O5S. The van der Waals surface area contributed by atoms with E-state index in [1.165, 1.54) is 17.0 Å². The maximum Gasteiger partial charge on any atom is 0.264 e. The summed E-state index contributed by atoms with van der Waals surface area (Å²) in [4.78, 5) is 30.0. The van der Waals surface area contributed by atoms with Gasteiger partial charge in [0.15, 0.2) is 0 Å². The van der Waals surface area contributed by atoms with Crippen molar-refractivity contribution in [3.8, 4) is 5.75 Å². The molecule has 2 atom stereocenters. The van der Waals surface area contributed by atoms with E-state index in [1.807, 2.05) is 58.0 Å². The second-order valence-electron chi connectivity index (χ2n) is 11.5. The molecule has 0 heterocycles. The summed E-state index contributed by atoms with van der Waals surface area (Å²) in [5, 5.41) is 3.67. The van der Waals surface area contributed by atoms with E-state index >= 15 is 0 Å². The van der Waals surface area contributed by atoms with Crippen LogP contribution in [0.1, 0.15) is 43.9 Å². The van der Waals surface area contributed by atoms with Gasteiger partial charge in [-0.05, 0) is 86.8 Å². The Morgan fingerprint density at radius 1 is 0.854 bits per heavy atom. The molecule has 0 saturated heterocycles. The molecular weight excluding hydrogens is 669 g/mol. The van der Waals surface area contributed by atoms with Crippen molar-refractivity contribution < 1.29 is 22.7 Å². The third-order valence-corrected chi connectivity index (χ3v) is 10.5. The minimum Gasteiger partial charge on any atom is -0.494 e. The van der Waals surface area contributed by atoms with Crippen LogP contribution in [0.5, 0.6) is 5.75 Å². The van der Waals surface area contributed by atoms with Crippen molar-refractivity contribution >= 4 is 50.7 Å². The standard InChI is InChI=1S/C37H41Cl2N3O5S/c1-5-27(4)40-37(44)35(23-28-10-8-7-9-11-28)41(24-29-14-21-33(38)34(39)22-29)36(43)25-42(30-15-12-26(3)13-16-30)48(45,46)32-19-17-31(18-20-32)47-6-2/h7-22,27,35H,5-6,23-25H2,1-4H3,(H,40,44)/t27-,35+/m1/s1. The van der Waals surface area contributed by atoms with E-state index in [2.05, 4.69) is 5.32 Å². The second-order valence-corrected chi connectivity index (χ2v) is 14.2. The van der Waals surface area contributed by atoms with E-state index in [9.17, 15) is 18.0 Å². The highest BCUT2D eigenvalue weighted by molar-refractivity contribution is 7.92. The number of nitrogens with one attached hydrogen (secondary N) is 1. The van der Waals surface area contributed by atoms with Crippen LogP contribution in [0.4, 0.5) is 5.69 Å². The van der Waals surface area contributed by atoms with Gasteiger partial charge in [0.05, 0.1) is 27.2 Å². The minimum absolute atomic E-state index is 0.00860. The van der Waals surface area contributed by atoms with Crippen molar-refractivity contribution in [2.45, 2.75) is 64.1 Å². The van der Waals surface area contributed by atoms with Crippen LogP contribution < -0.4 is 14.4 Å². The van der Waals surface area contributed by atoms with Crippen molar-refractivity contribution in [2.24, 2.45) is 0 Å². The highest BCUT2D eigenvalue weighted by Gasteiger charge is 2.35. The molecule has 254 valence electrons. The number of nitrogens with zero attached hydrogens (tertiary/aromatic N) is 2. The molecule has 0 radical (unpaired) electrons. The number of hydrogen-bond donors (Lipinski definition) is 1. The van der Waals surface area contributed by atoms with E-state index in [1.54, 1.807) is 54.6 Å². The smallest absolute Gasteiger partial charge is 0.264 e. The Bertz CT molecular complexity index is 1790. The van der Waals surface area contributed by atoms with E-state index in [4.69, 9.17) is 27.9 Å². The highest BCUT2D eigenvalue weighted by atomic mass is 35.5. The molecule has 4 aromatic rings. The molecule has 0 unspecified atom stereocenters. The fourth-order valence-electron chi connectivity index (χ4n) is 5.07. The molecule has 0 saturated carbocycles. The van der Waals surface area contributed by atoms with E-state index in [0.29, 0.717) is 40.1 Å². The van der Waals surface area contributed by atoms with Gasteiger partial charge in [0.25, 0.3) is 10.0 Å². The topological polar surface area (TPSA) is 96.0 Å². The van der Waals surface area contributed by atoms with Crippen LogP contribution >= 0.6 is 23.2 Å². The predicted octanol–water partition coefficient (Wildman–Crippen LogP) is 7.45. The van der Waals surface area contributed by atoms with Crippen LogP contribution in [-0.2, 0) is 32.6 Å². The van der Waals surface area contributed by atoms with Crippen LogP contribution in [0, 0.1) is 6.92 Å². The van der Waals surface area contributed by atoms with Gasteiger partial charge in [0.1, 0.15) is 18.3 Å². The molecule has 0 aromatic heterocycles. The van der Waals surface area contributed by atoms with Crippen molar-refractivity contribution in [1.82, 2.24) is 10.2 Å². The summed E-state index contributed by atoms with van der Waals surface area (Å²) >= 11 is 12.6. The maximum atomic E-state index is 14.6. The Kier molecular flexibility index (Phi) is 12.9. The van der Waals surface area contributed by atoms with E-state index in [0.717, 1.165) is 15.4 Å². The summed E-state index contributed by atoms with van der Waals surface area (Å²) in [7, 11) is -4.25. The number of benzene rings is 4. The molecule has 0 spiro atoms. The summed E-state index contributed by atoms with van der Waals surface area (Å²) in [5.74, 6) is -0.396. The molecule has 0 fully saturated rings. The third kappa shape index (κ3) is 9.52. The van der Waals surface area contributed by atoms with Gasteiger partial charge < -0.3 is 15.0 Å². The zero-order chi connectivity index (χ0) is 34.8. The Balaban J connectivity index is 1.81. The number of carbonyl (C=O) groups excluding carboxylic acids is 2. The molecule has 2 amide bonds. The van der Waals surface area contributed by atoms with Gasteiger partial charge in [-0.3, -0.25) is 13.9 Å². The van der Waals surface area contributed by atoms with Gasteiger partial charge in [0, 0.05) is 19.0 Å². The van der Waals surface area contributed by atoms with Crippen LogP contribution in [-0.4, -0.2) is 50.4 Å². The average molecular weight is 711 g/mol. The number of carbonyl (C=O) groups is 2. The van der Waals surface area contributed by atoms with Crippen molar-refractivity contribution in [3.05, 3.63) is 124 Å². The maximum absolute atomic E-state index is 14.6. The number of rotatable bonds is 15. The van der Waals surface area contributed by atoms with Gasteiger partial charge in [-0.1, -0.05) is 84.2 Å².